The lowest BCUT2D eigenvalue weighted by atomic mass is 10.2. The molecule has 140 valence electrons. The number of thioether (sulfide) groups is 1. The van der Waals surface area contributed by atoms with Gasteiger partial charge in [0.2, 0.25) is 0 Å². The Hall–Kier alpha value is -2.54. The fourth-order valence-corrected chi connectivity index (χ4v) is 3.65. The highest BCUT2D eigenvalue weighted by Crippen LogP contribution is 2.41. The Morgan fingerprint density at radius 2 is 1.81 bits per heavy atom. The normalized spacial score (nSPS) is 13.6. The van der Waals surface area contributed by atoms with Crippen molar-refractivity contribution in [3.63, 3.8) is 0 Å². The molecule has 0 radical (unpaired) electrons. The number of hydrogen-bond acceptors (Lipinski definition) is 5. The topological polar surface area (TPSA) is 49.2 Å². The van der Waals surface area contributed by atoms with E-state index < -0.39 is 0 Å². The second-order valence-electron chi connectivity index (χ2n) is 6.26. The minimum atomic E-state index is -0.272. The SMILES string of the molecule is COc1ccc(OCCSc2nnc(-c3ccccc3F)n2C2CC2)cc1. The molecule has 0 atom stereocenters. The van der Waals surface area contributed by atoms with Gasteiger partial charge < -0.3 is 9.47 Å². The molecule has 27 heavy (non-hydrogen) atoms. The molecule has 1 fully saturated rings. The van der Waals surface area contributed by atoms with Crippen LogP contribution in [-0.4, -0.2) is 34.2 Å². The molecule has 1 aromatic heterocycles. The van der Waals surface area contributed by atoms with Crippen molar-refractivity contribution in [1.82, 2.24) is 14.8 Å². The van der Waals surface area contributed by atoms with Crippen molar-refractivity contribution >= 4 is 11.8 Å². The third-order valence-corrected chi connectivity index (χ3v) is 5.24. The molecular formula is C20H20FN3O2S. The Kier molecular flexibility index (Phi) is 5.29. The van der Waals surface area contributed by atoms with Crippen LogP contribution in [0.15, 0.2) is 53.7 Å². The van der Waals surface area contributed by atoms with E-state index in [0.717, 1.165) is 35.2 Å². The van der Waals surface area contributed by atoms with Crippen LogP contribution in [0.5, 0.6) is 11.5 Å². The minimum Gasteiger partial charge on any atom is -0.497 e. The molecule has 1 aliphatic carbocycles. The molecule has 1 aliphatic rings. The first-order valence-corrected chi connectivity index (χ1v) is 9.84. The van der Waals surface area contributed by atoms with Crippen LogP contribution >= 0.6 is 11.8 Å². The molecule has 0 aliphatic heterocycles. The summed E-state index contributed by atoms with van der Waals surface area (Å²) in [6.07, 6.45) is 2.16. The van der Waals surface area contributed by atoms with Gasteiger partial charge in [-0.2, -0.15) is 0 Å². The Balaban J connectivity index is 1.41. The van der Waals surface area contributed by atoms with E-state index >= 15 is 0 Å². The molecule has 0 unspecified atom stereocenters. The summed E-state index contributed by atoms with van der Waals surface area (Å²) in [5.41, 5.74) is 0.498. The standard InChI is InChI=1S/C20H20FN3O2S/c1-25-15-8-10-16(11-9-15)26-12-13-27-20-23-22-19(24(20)14-6-7-14)17-4-2-3-5-18(17)21/h2-5,8-11,14H,6-7,12-13H2,1H3. The van der Waals surface area contributed by atoms with Crippen LogP contribution in [0.25, 0.3) is 11.4 Å². The first-order chi connectivity index (χ1) is 13.3. The van der Waals surface area contributed by atoms with Crippen LogP contribution in [-0.2, 0) is 0 Å². The van der Waals surface area contributed by atoms with E-state index in [1.807, 2.05) is 30.3 Å². The summed E-state index contributed by atoms with van der Waals surface area (Å²) in [6.45, 7) is 0.545. The van der Waals surface area contributed by atoms with Gasteiger partial charge in [-0.3, -0.25) is 4.57 Å². The highest BCUT2D eigenvalue weighted by molar-refractivity contribution is 7.99. The van der Waals surface area contributed by atoms with Gasteiger partial charge in [0.1, 0.15) is 17.3 Å². The zero-order valence-electron chi connectivity index (χ0n) is 15.0. The van der Waals surface area contributed by atoms with Gasteiger partial charge in [-0.25, -0.2) is 4.39 Å². The van der Waals surface area contributed by atoms with Crippen LogP contribution in [0.1, 0.15) is 18.9 Å². The van der Waals surface area contributed by atoms with Crippen molar-refractivity contribution in [3.05, 3.63) is 54.3 Å². The van der Waals surface area contributed by atoms with Crippen molar-refractivity contribution < 1.29 is 13.9 Å². The number of nitrogens with zero attached hydrogens (tertiary/aromatic N) is 3. The molecule has 0 saturated heterocycles. The third-order valence-electron chi connectivity index (χ3n) is 4.33. The summed E-state index contributed by atoms with van der Waals surface area (Å²) in [6, 6.07) is 14.6. The summed E-state index contributed by atoms with van der Waals surface area (Å²) in [7, 11) is 1.64. The van der Waals surface area contributed by atoms with Gasteiger partial charge >= 0.3 is 0 Å². The molecule has 0 N–H and O–H groups in total. The Labute approximate surface area is 161 Å². The predicted octanol–water partition coefficient (Wildman–Crippen LogP) is 4.60. The van der Waals surface area contributed by atoms with Gasteiger partial charge in [-0.15, -0.1) is 10.2 Å². The maximum Gasteiger partial charge on any atom is 0.191 e. The van der Waals surface area contributed by atoms with Crippen molar-refractivity contribution in [2.75, 3.05) is 19.5 Å². The fourth-order valence-electron chi connectivity index (χ4n) is 2.83. The number of halogens is 1. The van der Waals surface area contributed by atoms with E-state index in [9.17, 15) is 4.39 Å². The Morgan fingerprint density at radius 1 is 1.07 bits per heavy atom. The summed E-state index contributed by atoms with van der Waals surface area (Å²) >= 11 is 1.58. The summed E-state index contributed by atoms with van der Waals surface area (Å²) < 4.78 is 27.1. The molecule has 2 aromatic carbocycles. The van der Waals surface area contributed by atoms with Crippen molar-refractivity contribution in [3.8, 4) is 22.9 Å². The first-order valence-electron chi connectivity index (χ1n) is 8.85. The number of hydrogen-bond donors (Lipinski definition) is 0. The van der Waals surface area contributed by atoms with Crippen molar-refractivity contribution in [2.45, 2.75) is 24.0 Å². The second-order valence-corrected chi connectivity index (χ2v) is 7.32. The maximum absolute atomic E-state index is 14.2. The summed E-state index contributed by atoms with van der Waals surface area (Å²) in [4.78, 5) is 0. The van der Waals surface area contributed by atoms with Gasteiger partial charge in [0.25, 0.3) is 0 Å². The molecule has 4 rings (SSSR count). The summed E-state index contributed by atoms with van der Waals surface area (Å²) in [5.74, 6) is 2.66. The van der Waals surface area contributed by atoms with Crippen molar-refractivity contribution in [1.29, 1.82) is 0 Å². The van der Waals surface area contributed by atoms with Crippen LogP contribution in [0, 0.1) is 5.82 Å². The van der Waals surface area contributed by atoms with Crippen LogP contribution in [0.4, 0.5) is 4.39 Å². The van der Waals surface area contributed by atoms with Crippen molar-refractivity contribution in [2.24, 2.45) is 0 Å². The number of methoxy groups -OCH3 is 1. The molecule has 0 spiro atoms. The zero-order valence-corrected chi connectivity index (χ0v) is 15.8. The monoisotopic (exact) mass is 385 g/mol. The average Bonchev–Trinajstić information content (AvgIpc) is 3.46. The van der Waals surface area contributed by atoms with Gasteiger partial charge in [0, 0.05) is 11.8 Å². The average molecular weight is 385 g/mol. The van der Waals surface area contributed by atoms with E-state index in [-0.39, 0.29) is 5.82 Å². The molecule has 1 heterocycles. The Morgan fingerprint density at radius 3 is 2.52 bits per heavy atom. The maximum atomic E-state index is 14.2. The number of rotatable bonds is 8. The lowest BCUT2D eigenvalue weighted by Gasteiger charge is -2.10. The minimum absolute atomic E-state index is 0.272. The number of ether oxygens (including phenoxy) is 2. The predicted molar refractivity (Wildman–Crippen MR) is 103 cm³/mol. The number of aromatic nitrogens is 3. The molecule has 0 amide bonds. The molecule has 3 aromatic rings. The van der Waals surface area contributed by atoms with Crippen LogP contribution in [0.3, 0.4) is 0 Å². The van der Waals surface area contributed by atoms with E-state index in [0.29, 0.717) is 24.0 Å². The van der Waals surface area contributed by atoms with E-state index in [1.165, 1.54) is 6.07 Å². The zero-order chi connectivity index (χ0) is 18.6. The van der Waals surface area contributed by atoms with E-state index in [2.05, 4.69) is 14.8 Å². The fraction of sp³-hybridized carbons (Fsp3) is 0.300. The molecule has 1 saturated carbocycles. The van der Waals surface area contributed by atoms with Crippen LogP contribution in [0.2, 0.25) is 0 Å². The Bertz CT molecular complexity index is 910. The van der Waals surface area contributed by atoms with E-state index in [4.69, 9.17) is 9.47 Å². The van der Waals surface area contributed by atoms with Gasteiger partial charge in [0.05, 0.1) is 19.3 Å². The number of benzene rings is 2. The lowest BCUT2D eigenvalue weighted by Crippen LogP contribution is -2.04. The first kappa shape index (κ1) is 17.9. The highest BCUT2D eigenvalue weighted by atomic mass is 32.2. The third kappa shape index (κ3) is 4.08. The molecule has 0 bridgehead atoms. The molecule has 5 nitrogen and oxygen atoms in total. The van der Waals surface area contributed by atoms with Crippen LogP contribution < -0.4 is 9.47 Å². The smallest absolute Gasteiger partial charge is 0.191 e. The lowest BCUT2D eigenvalue weighted by molar-refractivity contribution is 0.342. The van der Waals surface area contributed by atoms with Gasteiger partial charge in [0.15, 0.2) is 11.0 Å². The quantitative estimate of drug-likeness (QED) is 0.419. The van der Waals surface area contributed by atoms with E-state index in [1.54, 1.807) is 31.0 Å². The summed E-state index contributed by atoms with van der Waals surface area (Å²) in [5, 5.41) is 9.38. The van der Waals surface area contributed by atoms with Gasteiger partial charge in [-0.1, -0.05) is 23.9 Å². The largest absolute Gasteiger partial charge is 0.497 e. The molecular weight excluding hydrogens is 365 g/mol. The van der Waals surface area contributed by atoms with Gasteiger partial charge in [-0.05, 0) is 49.2 Å². The molecule has 7 heteroatoms. The highest BCUT2D eigenvalue weighted by Gasteiger charge is 2.30. The second kappa shape index (κ2) is 8.00.